The van der Waals surface area contributed by atoms with Crippen LogP contribution in [0.4, 0.5) is 11.5 Å². The Morgan fingerprint density at radius 3 is 2.71 bits per heavy atom. The topological polar surface area (TPSA) is 136 Å². The largest absolute Gasteiger partial charge is 0.496 e. The molecule has 0 saturated carbocycles. The highest BCUT2D eigenvalue weighted by molar-refractivity contribution is 6.05. The number of para-hydroxylation sites is 1. The molecule has 0 saturated heterocycles. The Labute approximate surface area is 178 Å². The number of anilines is 2. The number of methoxy groups -OCH3 is 1. The highest BCUT2D eigenvalue weighted by atomic mass is 16.5. The predicted octanol–water partition coefficient (Wildman–Crippen LogP) is 1.56. The number of amides is 1. The first kappa shape index (κ1) is 21.8. The van der Waals surface area contributed by atoms with Crippen LogP contribution in [0.25, 0.3) is 0 Å². The van der Waals surface area contributed by atoms with Crippen molar-refractivity contribution in [3.8, 4) is 5.75 Å². The third-order valence-electron chi connectivity index (χ3n) is 4.77. The van der Waals surface area contributed by atoms with Crippen molar-refractivity contribution in [2.45, 2.75) is 32.9 Å². The second-order valence-corrected chi connectivity index (χ2v) is 6.79. The van der Waals surface area contributed by atoms with E-state index >= 15 is 0 Å². The van der Waals surface area contributed by atoms with Gasteiger partial charge in [0.15, 0.2) is 5.69 Å². The lowest BCUT2D eigenvalue weighted by molar-refractivity contribution is 0.0979. The van der Waals surface area contributed by atoms with Gasteiger partial charge in [0.25, 0.3) is 11.5 Å². The van der Waals surface area contributed by atoms with E-state index in [1.54, 1.807) is 24.3 Å². The molecule has 3 aromatic rings. The van der Waals surface area contributed by atoms with Crippen LogP contribution < -0.4 is 26.6 Å². The maximum Gasteiger partial charge on any atom is 0.330 e. The average molecular weight is 424 g/mol. The standard InChI is InChI=1S/C21H24N6O4/c1-3-4-11-26-18(22)17(19(28)25-21(26)30)27(20(29)15-12-23-9-10-24-15)13-14-7-5-6-8-16(14)31-2/h5-10,12H,3-4,11,13,22H2,1-2H3,(H,25,28,30). The van der Waals surface area contributed by atoms with E-state index in [0.29, 0.717) is 24.3 Å². The number of hydrogen-bond donors (Lipinski definition) is 2. The van der Waals surface area contributed by atoms with E-state index in [2.05, 4.69) is 15.0 Å². The summed E-state index contributed by atoms with van der Waals surface area (Å²) in [6.45, 7) is 2.25. The Kier molecular flexibility index (Phi) is 6.81. The first-order valence-electron chi connectivity index (χ1n) is 9.80. The number of H-pyrrole nitrogens is 1. The van der Waals surface area contributed by atoms with E-state index in [1.807, 2.05) is 6.92 Å². The van der Waals surface area contributed by atoms with E-state index < -0.39 is 17.2 Å². The fourth-order valence-corrected chi connectivity index (χ4v) is 3.18. The molecule has 0 radical (unpaired) electrons. The van der Waals surface area contributed by atoms with Crippen molar-refractivity contribution in [1.82, 2.24) is 19.5 Å². The number of nitrogens with one attached hydrogen (secondary N) is 1. The lowest BCUT2D eigenvalue weighted by atomic mass is 10.1. The molecule has 1 aromatic carbocycles. The maximum absolute atomic E-state index is 13.4. The highest BCUT2D eigenvalue weighted by Crippen LogP contribution is 2.25. The molecule has 162 valence electrons. The molecule has 0 aliphatic carbocycles. The summed E-state index contributed by atoms with van der Waals surface area (Å²) in [5.74, 6) is -0.139. The van der Waals surface area contributed by atoms with Gasteiger partial charge >= 0.3 is 5.69 Å². The van der Waals surface area contributed by atoms with Crippen molar-refractivity contribution in [1.29, 1.82) is 0 Å². The van der Waals surface area contributed by atoms with Crippen LogP contribution in [0.1, 0.15) is 35.8 Å². The number of hydrogen-bond acceptors (Lipinski definition) is 7. The van der Waals surface area contributed by atoms with Gasteiger partial charge in [-0.25, -0.2) is 9.78 Å². The van der Waals surface area contributed by atoms with Crippen LogP contribution in [0.15, 0.2) is 52.4 Å². The van der Waals surface area contributed by atoms with Crippen LogP contribution in [0.2, 0.25) is 0 Å². The molecular formula is C21H24N6O4. The van der Waals surface area contributed by atoms with Crippen LogP contribution in [0.5, 0.6) is 5.75 Å². The molecule has 0 spiro atoms. The monoisotopic (exact) mass is 424 g/mol. The Hall–Kier alpha value is -3.95. The number of benzene rings is 1. The number of unbranched alkanes of at least 4 members (excludes halogenated alkanes) is 1. The van der Waals surface area contributed by atoms with Gasteiger partial charge in [0, 0.05) is 24.5 Å². The number of nitrogen functional groups attached to an aromatic ring is 1. The molecule has 3 rings (SSSR count). The smallest absolute Gasteiger partial charge is 0.330 e. The van der Waals surface area contributed by atoms with E-state index in [9.17, 15) is 14.4 Å². The molecule has 31 heavy (non-hydrogen) atoms. The van der Waals surface area contributed by atoms with Gasteiger partial charge < -0.3 is 10.5 Å². The Balaban J connectivity index is 2.18. The van der Waals surface area contributed by atoms with Gasteiger partial charge in [-0.3, -0.25) is 29.0 Å². The van der Waals surface area contributed by atoms with E-state index in [1.165, 1.54) is 35.2 Å². The lowest BCUT2D eigenvalue weighted by Gasteiger charge is -2.25. The fourth-order valence-electron chi connectivity index (χ4n) is 3.18. The molecule has 0 bridgehead atoms. The zero-order valence-electron chi connectivity index (χ0n) is 17.4. The summed E-state index contributed by atoms with van der Waals surface area (Å²) in [5, 5.41) is 0. The Morgan fingerprint density at radius 2 is 2.03 bits per heavy atom. The second-order valence-electron chi connectivity index (χ2n) is 6.79. The molecule has 1 amide bonds. The molecule has 0 aliphatic rings. The van der Waals surface area contributed by atoms with Gasteiger partial charge in [0.05, 0.1) is 19.9 Å². The first-order valence-corrected chi connectivity index (χ1v) is 9.80. The molecule has 2 aromatic heterocycles. The number of carbonyl (C=O) groups is 1. The van der Waals surface area contributed by atoms with Crippen molar-refractivity contribution in [3.63, 3.8) is 0 Å². The van der Waals surface area contributed by atoms with Crippen LogP contribution in [0.3, 0.4) is 0 Å². The number of aromatic nitrogens is 4. The van der Waals surface area contributed by atoms with Gasteiger partial charge in [-0.1, -0.05) is 31.5 Å². The molecule has 0 unspecified atom stereocenters. The van der Waals surface area contributed by atoms with Gasteiger partial charge in [-0.15, -0.1) is 0 Å². The number of carbonyl (C=O) groups excluding carboxylic acids is 1. The molecule has 0 aliphatic heterocycles. The molecular weight excluding hydrogens is 400 g/mol. The summed E-state index contributed by atoms with van der Waals surface area (Å²) in [4.78, 5) is 49.9. The van der Waals surface area contributed by atoms with E-state index in [0.717, 1.165) is 6.42 Å². The predicted molar refractivity (Wildman–Crippen MR) is 116 cm³/mol. The molecule has 2 heterocycles. The molecule has 10 heteroatoms. The summed E-state index contributed by atoms with van der Waals surface area (Å²) < 4.78 is 6.65. The third kappa shape index (κ3) is 4.63. The van der Waals surface area contributed by atoms with Gasteiger partial charge in [-0.05, 0) is 12.5 Å². The minimum absolute atomic E-state index is 0.0291. The van der Waals surface area contributed by atoms with Crippen LogP contribution in [0, 0.1) is 0 Å². The summed E-state index contributed by atoms with van der Waals surface area (Å²) in [5.41, 5.74) is 5.41. The van der Waals surface area contributed by atoms with Crippen LogP contribution in [-0.2, 0) is 13.1 Å². The van der Waals surface area contributed by atoms with Crippen molar-refractivity contribution in [2.75, 3.05) is 17.7 Å². The summed E-state index contributed by atoms with van der Waals surface area (Å²) in [6, 6.07) is 7.10. The van der Waals surface area contributed by atoms with Crippen LogP contribution >= 0.6 is 0 Å². The normalized spacial score (nSPS) is 10.6. The number of nitrogens with zero attached hydrogens (tertiary/aromatic N) is 4. The Bertz CT molecular complexity index is 1170. The minimum Gasteiger partial charge on any atom is -0.496 e. The summed E-state index contributed by atoms with van der Waals surface area (Å²) in [6.07, 6.45) is 5.62. The maximum atomic E-state index is 13.4. The summed E-state index contributed by atoms with van der Waals surface area (Å²) >= 11 is 0. The molecule has 0 fully saturated rings. The third-order valence-corrected chi connectivity index (χ3v) is 4.77. The summed E-state index contributed by atoms with van der Waals surface area (Å²) in [7, 11) is 1.51. The molecule has 0 atom stereocenters. The quantitative estimate of drug-likeness (QED) is 0.560. The van der Waals surface area contributed by atoms with Crippen molar-refractivity contribution >= 4 is 17.4 Å². The number of ether oxygens (including phenoxy) is 1. The van der Waals surface area contributed by atoms with Gasteiger partial charge in [0.1, 0.15) is 17.3 Å². The van der Waals surface area contributed by atoms with Gasteiger partial charge in [-0.2, -0.15) is 0 Å². The fraction of sp³-hybridized carbons (Fsp3) is 0.286. The first-order chi connectivity index (χ1) is 15.0. The Morgan fingerprint density at radius 1 is 1.26 bits per heavy atom. The van der Waals surface area contributed by atoms with Crippen LogP contribution in [-0.4, -0.2) is 32.5 Å². The molecule has 10 nitrogen and oxygen atoms in total. The zero-order valence-corrected chi connectivity index (χ0v) is 17.4. The lowest BCUT2D eigenvalue weighted by Crippen LogP contribution is -2.41. The minimum atomic E-state index is -0.762. The number of nitrogens with two attached hydrogens (primary N) is 1. The highest BCUT2D eigenvalue weighted by Gasteiger charge is 2.27. The SMILES string of the molecule is CCCCn1c(N)c(N(Cc2ccccc2OC)C(=O)c2cnccn2)c(=O)[nH]c1=O. The van der Waals surface area contributed by atoms with Gasteiger partial charge in [0.2, 0.25) is 0 Å². The van der Waals surface area contributed by atoms with E-state index in [-0.39, 0.29) is 23.7 Å². The second kappa shape index (κ2) is 9.70. The number of rotatable bonds is 8. The average Bonchev–Trinajstić information content (AvgIpc) is 2.78. The van der Waals surface area contributed by atoms with E-state index in [4.69, 9.17) is 10.5 Å². The van der Waals surface area contributed by atoms with Crippen molar-refractivity contribution in [2.24, 2.45) is 0 Å². The molecule has 3 N–H and O–H groups in total. The van der Waals surface area contributed by atoms with Crippen molar-refractivity contribution < 1.29 is 9.53 Å². The number of aromatic amines is 1. The van der Waals surface area contributed by atoms with Crippen molar-refractivity contribution in [3.05, 3.63) is 75.0 Å². The zero-order chi connectivity index (χ0) is 22.4.